The lowest BCUT2D eigenvalue weighted by Crippen LogP contribution is -2.36. The normalized spacial score (nSPS) is 10.9. The fourth-order valence-electron chi connectivity index (χ4n) is 2.62. The molecule has 0 aliphatic carbocycles. The third kappa shape index (κ3) is 8.61. The molecule has 0 radical (unpaired) electrons. The minimum Gasteiger partial charge on any atom is -0.494 e. The zero-order valence-corrected chi connectivity index (χ0v) is 20.5. The maximum atomic E-state index is 11.8. The Morgan fingerprint density at radius 1 is 1.03 bits per heavy atom. The zero-order valence-electron chi connectivity index (χ0n) is 18.2. The van der Waals surface area contributed by atoms with Crippen molar-refractivity contribution in [2.75, 3.05) is 18.5 Å². The second-order valence-corrected chi connectivity index (χ2v) is 6.93. The molecule has 0 heterocycles. The van der Waals surface area contributed by atoms with Gasteiger partial charge in [-0.25, -0.2) is 4.99 Å². The summed E-state index contributed by atoms with van der Waals surface area (Å²) in [6.07, 6.45) is 0. The summed E-state index contributed by atoms with van der Waals surface area (Å²) < 4.78 is 5.68. The summed E-state index contributed by atoms with van der Waals surface area (Å²) >= 11 is 0. The smallest absolute Gasteiger partial charge is 0.226 e. The van der Waals surface area contributed by atoms with Gasteiger partial charge in [0.05, 0.1) is 13.2 Å². The first kappa shape index (κ1) is 25.7. The molecular formula is C23H33IN4O2. The van der Waals surface area contributed by atoms with Crippen molar-refractivity contribution in [2.24, 2.45) is 10.9 Å². The molecular weight excluding hydrogens is 491 g/mol. The van der Waals surface area contributed by atoms with Crippen LogP contribution in [0.5, 0.6) is 5.75 Å². The highest BCUT2D eigenvalue weighted by atomic mass is 127. The SMILES string of the molecule is CCNC(=NCc1ccc(NC(=O)C(C)C)cc1)NCc1ccccc1OCC.I. The van der Waals surface area contributed by atoms with Gasteiger partial charge in [0.1, 0.15) is 5.75 Å². The third-order valence-electron chi connectivity index (χ3n) is 4.23. The van der Waals surface area contributed by atoms with Crippen molar-refractivity contribution in [2.45, 2.75) is 40.8 Å². The third-order valence-corrected chi connectivity index (χ3v) is 4.23. The summed E-state index contributed by atoms with van der Waals surface area (Å²) in [7, 11) is 0. The molecule has 0 aromatic heterocycles. The Morgan fingerprint density at radius 2 is 1.73 bits per heavy atom. The maximum absolute atomic E-state index is 11.8. The summed E-state index contributed by atoms with van der Waals surface area (Å²) in [6.45, 7) is 10.4. The van der Waals surface area contributed by atoms with E-state index in [0.717, 1.165) is 35.1 Å². The number of carbonyl (C=O) groups is 1. The van der Waals surface area contributed by atoms with Gasteiger partial charge in [-0.05, 0) is 37.6 Å². The van der Waals surface area contributed by atoms with Crippen LogP contribution >= 0.6 is 24.0 Å². The Kier molecular flexibility index (Phi) is 11.9. The summed E-state index contributed by atoms with van der Waals surface area (Å²) in [5.74, 6) is 1.61. The molecule has 1 amide bonds. The lowest BCUT2D eigenvalue weighted by atomic mass is 10.1. The van der Waals surface area contributed by atoms with Crippen molar-refractivity contribution >= 4 is 41.5 Å². The molecule has 164 valence electrons. The van der Waals surface area contributed by atoms with Crippen LogP contribution in [0.4, 0.5) is 5.69 Å². The van der Waals surface area contributed by atoms with Gasteiger partial charge in [0.2, 0.25) is 5.91 Å². The largest absolute Gasteiger partial charge is 0.494 e. The number of rotatable bonds is 9. The van der Waals surface area contributed by atoms with Gasteiger partial charge >= 0.3 is 0 Å². The molecule has 0 atom stereocenters. The molecule has 0 bridgehead atoms. The summed E-state index contributed by atoms with van der Waals surface area (Å²) in [4.78, 5) is 16.4. The Morgan fingerprint density at radius 3 is 2.37 bits per heavy atom. The van der Waals surface area contributed by atoms with Gasteiger partial charge < -0.3 is 20.7 Å². The Labute approximate surface area is 196 Å². The number of halogens is 1. The lowest BCUT2D eigenvalue weighted by molar-refractivity contribution is -0.118. The number of hydrogen-bond acceptors (Lipinski definition) is 3. The number of benzene rings is 2. The quantitative estimate of drug-likeness (QED) is 0.256. The average Bonchev–Trinajstić information content (AvgIpc) is 2.72. The molecule has 0 spiro atoms. The van der Waals surface area contributed by atoms with Gasteiger partial charge in [-0.1, -0.05) is 44.2 Å². The van der Waals surface area contributed by atoms with Crippen molar-refractivity contribution in [3.63, 3.8) is 0 Å². The van der Waals surface area contributed by atoms with Crippen molar-refractivity contribution in [1.82, 2.24) is 10.6 Å². The second kappa shape index (κ2) is 13.8. The number of carbonyl (C=O) groups excluding carboxylic acids is 1. The van der Waals surface area contributed by atoms with Crippen molar-refractivity contribution in [3.8, 4) is 5.75 Å². The van der Waals surface area contributed by atoms with E-state index < -0.39 is 0 Å². The van der Waals surface area contributed by atoms with E-state index in [9.17, 15) is 4.79 Å². The first-order valence-corrected chi connectivity index (χ1v) is 10.2. The predicted molar refractivity (Wildman–Crippen MR) is 135 cm³/mol. The van der Waals surface area contributed by atoms with Crippen molar-refractivity contribution in [1.29, 1.82) is 0 Å². The van der Waals surface area contributed by atoms with E-state index in [0.29, 0.717) is 19.7 Å². The number of anilines is 1. The molecule has 6 nitrogen and oxygen atoms in total. The van der Waals surface area contributed by atoms with Gasteiger partial charge in [0.15, 0.2) is 5.96 Å². The number of amides is 1. The standard InChI is InChI=1S/C23H32N4O2.HI/c1-5-24-23(26-16-19-9-7-8-10-21(19)29-6-2)25-15-18-11-13-20(14-12-18)27-22(28)17(3)4;/h7-14,17H,5-6,15-16H2,1-4H3,(H,27,28)(H2,24,25,26);1H. The lowest BCUT2D eigenvalue weighted by Gasteiger charge is -2.14. The highest BCUT2D eigenvalue weighted by Crippen LogP contribution is 2.17. The molecule has 0 aliphatic heterocycles. The van der Waals surface area contributed by atoms with E-state index in [1.807, 2.05) is 76.2 Å². The number of aliphatic imine (C=N–C) groups is 1. The average molecular weight is 524 g/mol. The second-order valence-electron chi connectivity index (χ2n) is 6.93. The topological polar surface area (TPSA) is 74.8 Å². The summed E-state index contributed by atoms with van der Waals surface area (Å²) in [5.41, 5.74) is 2.96. The zero-order chi connectivity index (χ0) is 21.1. The Bertz CT molecular complexity index is 807. The van der Waals surface area contributed by atoms with Crippen LogP contribution in [0.25, 0.3) is 0 Å². The van der Waals surface area contributed by atoms with E-state index in [1.54, 1.807) is 0 Å². The minimum absolute atomic E-state index is 0. The predicted octanol–water partition coefficient (Wildman–Crippen LogP) is 4.55. The van der Waals surface area contributed by atoms with Crippen molar-refractivity contribution in [3.05, 3.63) is 59.7 Å². The van der Waals surface area contributed by atoms with Gasteiger partial charge in [0.25, 0.3) is 0 Å². The fourth-order valence-corrected chi connectivity index (χ4v) is 2.62. The first-order chi connectivity index (χ1) is 14.0. The molecule has 0 aliphatic rings. The van der Waals surface area contributed by atoms with Gasteiger partial charge in [0, 0.05) is 30.3 Å². The number of guanidine groups is 1. The molecule has 7 heteroatoms. The summed E-state index contributed by atoms with van der Waals surface area (Å²) in [5, 5.41) is 9.52. The van der Waals surface area contributed by atoms with Gasteiger partial charge in [-0.2, -0.15) is 0 Å². The number of hydrogen-bond donors (Lipinski definition) is 3. The van der Waals surface area contributed by atoms with Crippen LogP contribution in [-0.4, -0.2) is 25.0 Å². The molecule has 3 N–H and O–H groups in total. The molecule has 0 unspecified atom stereocenters. The maximum Gasteiger partial charge on any atom is 0.226 e. The van der Waals surface area contributed by atoms with E-state index in [2.05, 4.69) is 20.9 Å². The molecule has 2 aromatic rings. The van der Waals surface area contributed by atoms with Crippen LogP contribution in [0.1, 0.15) is 38.8 Å². The van der Waals surface area contributed by atoms with E-state index in [4.69, 9.17) is 4.74 Å². The number of ether oxygens (including phenoxy) is 1. The van der Waals surface area contributed by atoms with Gasteiger partial charge in [-0.15, -0.1) is 24.0 Å². The highest BCUT2D eigenvalue weighted by Gasteiger charge is 2.07. The van der Waals surface area contributed by atoms with Crippen LogP contribution in [0.3, 0.4) is 0 Å². The van der Waals surface area contributed by atoms with E-state index in [-0.39, 0.29) is 35.8 Å². The number of nitrogens with one attached hydrogen (secondary N) is 3. The monoisotopic (exact) mass is 524 g/mol. The molecule has 0 saturated heterocycles. The van der Waals surface area contributed by atoms with Gasteiger partial charge in [-0.3, -0.25) is 4.79 Å². The number of nitrogens with zero attached hydrogens (tertiary/aromatic N) is 1. The Hall–Kier alpha value is -2.29. The highest BCUT2D eigenvalue weighted by molar-refractivity contribution is 14.0. The molecule has 0 saturated carbocycles. The van der Waals surface area contributed by atoms with Crippen LogP contribution in [0, 0.1) is 5.92 Å². The van der Waals surface area contributed by atoms with Crippen molar-refractivity contribution < 1.29 is 9.53 Å². The first-order valence-electron chi connectivity index (χ1n) is 10.2. The molecule has 2 rings (SSSR count). The number of para-hydroxylation sites is 1. The van der Waals surface area contributed by atoms with Crippen LogP contribution in [-0.2, 0) is 17.9 Å². The van der Waals surface area contributed by atoms with E-state index >= 15 is 0 Å². The van der Waals surface area contributed by atoms with Crippen LogP contribution in [0.2, 0.25) is 0 Å². The van der Waals surface area contributed by atoms with Crippen LogP contribution in [0.15, 0.2) is 53.5 Å². The molecule has 2 aromatic carbocycles. The Balaban J connectivity index is 0.00000450. The van der Waals surface area contributed by atoms with Crippen LogP contribution < -0.4 is 20.7 Å². The summed E-state index contributed by atoms with van der Waals surface area (Å²) in [6, 6.07) is 15.8. The van der Waals surface area contributed by atoms with E-state index in [1.165, 1.54) is 0 Å². The molecule has 0 fully saturated rings. The minimum atomic E-state index is -0.0408. The molecule has 30 heavy (non-hydrogen) atoms. The fraction of sp³-hybridized carbons (Fsp3) is 0.391.